The van der Waals surface area contributed by atoms with Crippen LogP contribution in [-0.2, 0) is 0 Å². The Labute approximate surface area is 315 Å². The highest BCUT2D eigenvalue weighted by Crippen LogP contribution is 2.43. The number of benzene rings is 9. The molecule has 0 bridgehead atoms. The van der Waals surface area contributed by atoms with E-state index in [1.54, 1.807) is 0 Å². The van der Waals surface area contributed by atoms with Crippen molar-refractivity contribution in [2.45, 2.75) is 0 Å². The smallest absolute Gasteiger partial charge is 0.144 e. The minimum Gasteiger partial charge on any atom is -0.455 e. The summed E-state index contributed by atoms with van der Waals surface area (Å²) < 4.78 is 6.63. The lowest BCUT2D eigenvalue weighted by molar-refractivity contribution is 0.673. The normalized spacial score (nSPS) is 12.0. The van der Waals surface area contributed by atoms with Crippen LogP contribution in [0.15, 0.2) is 186 Å². The maximum atomic E-state index is 6.63. The van der Waals surface area contributed by atoms with Gasteiger partial charge >= 0.3 is 0 Å². The van der Waals surface area contributed by atoms with Crippen LogP contribution in [-0.4, -0.2) is 9.97 Å². The summed E-state index contributed by atoms with van der Waals surface area (Å²) in [7, 11) is 0. The van der Waals surface area contributed by atoms with Crippen molar-refractivity contribution in [3.8, 4) is 33.6 Å². The Morgan fingerprint density at radius 3 is 1.80 bits per heavy atom. The zero-order valence-electron chi connectivity index (χ0n) is 29.6. The van der Waals surface area contributed by atoms with Crippen LogP contribution >= 0.6 is 0 Å². The first-order chi connectivity index (χ1) is 27.3. The summed E-state index contributed by atoms with van der Waals surface area (Å²) in [5.41, 5.74) is 10.0. The second-order valence-corrected chi connectivity index (χ2v) is 14.5. The quantitative estimate of drug-likeness (QED) is 0.172. The molecule has 0 amide bonds. The van der Waals surface area contributed by atoms with E-state index in [0.29, 0.717) is 0 Å². The SMILES string of the molecule is c1ccc(-c2nc3cc(-c4cccc(-c5nc6c7ccccc7ccc6c6c5ccc5ccccc56)c4)ccc3c3c2ccc2c4ccccc4oc23)cc1. The van der Waals surface area contributed by atoms with Crippen LogP contribution < -0.4 is 0 Å². The standard InChI is InChI=1S/C52H30N2O/c1-2-13-33(14-3-1)49-44-28-27-40-39-19-8-9-20-46(39)55-52(40)48(44)41-24-23-35(30-45(41)53-49)34-15-10-16-36(29-34)50-42-25-21-31-11-4-6-17-37(31)47(42)43-26-22-32-12-5-7-18-38(32)51(43)54-50/h1-30H. The fourth-order valence-electron chi connectivity index (χ4n) is 8.84. The number of hydrogen-bond acceptors (Lipinski definition) is 3. The Morgan fingerprint density at radius 1 is 0.327 bits per heavy atom. The molecule has 0 saturated carbocycles. The predicted molar refractivity (Wildman–Crippen MR) is 231 cm³/mol. The molecule has 0 aliphatic heterocycles. The summed E-state index contributed by atoms with van der Waals surface area (Å²) in [6.45, 7) is 0. The Balaban J connectivity index is 1.10. The van der Waals surface area contributed by atoms with Gasteiger partial charge in [0, 0.05) is 59.6 Å². The van der Waals surface area contributed by atoms with Gasteiger partial charge in [-0.15, -0.1) is 0 Å². The van der Waals surface area contributed by atoms with Gasteiger partial charge in [0.15, 0.2) is 0 Å². The van der Waals surface area contributed by atoms with Gasteiger partial charge in [0.1, 0.15) is 11.2 Å². The van der Waals surface area contributed by atoms with Gasteiger partial charge in [-0.25, -0.2) is 9.97 Å². The van der Waals surface area contributed by atoms with Gasteiger partial charge in [0.25, 0.3) is 0 Å². The molecule has 55 heavy (non-hydrogen) atoms. The Bertz CT molecular complexity index is 3550. The van der Waals surface area contributed by atoms with Gasteiger partial charge in [0.05, 0.1) is 22.4 Å². The molecule has 3 heterocycles. The summed E-state index contributed by atoms with van der Waals surface area (Å²) >= 11 is 0. The first-order valence-electron chi connectivity index (χ1n) is 18.7. The molecule has 0 unspecified atom stereocenters. The highest BCUT2D eigenvalue weighted by Gasteiger charge is 2.19. The average Bonchev–Trinajstić information content (AvgIpc) is 3.64. The number of nitrogens with zero attached hydrogens (tertiary/aromatic N) is 2. The van der Waals surface area contributed by atoms with Crippen molar-refractivity contribution < 1.29 is 4.42 Å². The zero-order valence-corrected chi connectivity index (χ0v) is 29.6. The molecule has 0 fully saturated rings. The van der Waals surface area contributed by atoms with Crippen molar-refractivity contribution in [1.29, 1.82) is 0 Å². The summed E-state index contributed by atoms with van der Waals surface area (Å²) in [6, 6.07) is 64.8. The van der Waals surface area contributed by atoms with Gasteiger partial charge in [-0.3, -0.25) is 0 Å². The Hall–Kier alpha value is -7.36. The molecule has 254 valence electrons. The number of para-hydroxylation sites is 1. The summed E-state index contributed by atoms with van der Waals surface area (Å²) in [4.78, 5) is 10.9. The van der Waals surface area contributed by atoms with Crippen LogP contribution in [0.5, 0.6) is 0 Å². The number of fused-ring (bicyclic) bond motifs is 14. The third kappa shape index (κ3) is 4.50. The van der Waals surface area contributed by atoms with Crippen molar-refractivity contribution in [3.63, 3.8) is 0 Å². The molecule has 12 rings (SSSR count). The molecular weight excluding hydrogens is 669 g/mol. The maximum absolute atomic E-state index is 6.63. The largest absolute Gasteiger partial charge is 0.455 e. The van der Waals surface area contributed by atoms with Crippen LogP contribution in [0.3, 0.4) is 0 Å². The Kier molecular flexibility index (Phi) is 6.34. The third-order valence-electron chi connectivity index (χ3n) is 11.4. The lowest BCUT2D eigenvalue weighted by atomic mass is 9.92. The highest BCUT2D eigenvalue weighted by molar-refractivity contribution is 6.27. The van der Waals surface area contributed by atoms with Gasteiger partial charge < -0.3 is 4.42 Å². The highest BCUT2D eigenvalue weighted by atomic mass is 16.3. The molecule has 0 radical (unpaired) electrons. The number of rotatable bonds is 3. The lowest BCUT2D eigenvalue weighted by Gasteiger charge is -2.15. The van der Waals surface area contributed by atoms with E-state index in [-0.39, 0.29) is 0 Å². The molecule has 0 atom stereocenters. The fraction of sp³-hybridized carbons (Fsp3) is 0. The van der Waals surface area contributed by atoms with Crippen molar-refractivity contribution in [1.82, 2.24) is 9.97 Å². The van der Waals surface area contributed by atoms with E-state index in [1.807, 2.05) is 18.2 Å². The van der Waals surface area contributed by atoms with Crippen LogP contribution in [0.2, 0.25) is 0 Å². The number of aromatic nitrogens is 2. The average molecular weight is 699 g/mol. The molecule has 0 aliphatic carbocycles. The van der Waals surface area contributed by atoms with E-state index in [9.17, 15) is 0 Å². The van der Waals surface area contributed by atoms with Crippen molar-refractivity contribution >= 4 is 86.8 Å². The summed E-state index contributed by atoms with van der Waals surface area (Å²) in [6.07, 6.45) is 0. The summed E-state index contributed by atoms with van der Waals surface area (Å²) in [5, 5.41) is 13.8. The molecule has 0 N–H and O–H groups in total. The first-order valence-corrected chi connectivity index (χ1v) is 18.7. The topological polar surface area (TPSA) is 38.9 Å². The van der Waals surface area contributed by atoms with E-state index >= 15 is 0 Å². The number of pyridine rings is 2. The molecule has 0 aliphatic rings. The van der Waals surface area contributed by atoms with Crippen LogP contribution in [0.1, 0.15) is 0 Å². The van der Waals surface area contributed by atoms with E-state index < -0.39 is 0 Å². The minimum absolute atomic E-state index is 0.889. The second kappa shape index (κ2) is 11.6. The molecule has 3 heteroatoms. The molecule has 3 nitrogen and oxygen atoms in total. The van der Waals surface area contributed by atoms with Crippen molar-refractivity contribution in [2.75, 3.05) is 0 Å². The number of hydrogen-bond donors (Lipinski definition) is 0. The molecule has 12 aromatic rings. The van der Waals surface area contributed by atoms with Crippen LogP contribution in [0, 0.1) is 0 Å². The van der Waals surface area contributed by atoms with E-state index in [4.69, 9.17) is 14.4 Å². The van der Waals surface area contributed by atoms with Gasteiger partial charge in [-0.05, 0) is 51.6 Å². The van der Waals surface area contributed by atoms with Crippen molar-refractivity contribution in [3.05, 3.63) is 182 Å². The van der Waals surface area contributed by atoms with Crippen LogP contribution in [0.25, 0.3) is 120 Å². The molecule has 9 aromatic carbocycles. The predicted octanol–water partition coefficient (Wildman–Crippen LogP) is 14.3. The van der Waals surface area contributed by atoms with Crippen LogP contribution in [0.4, 0.5) is 0 Å². The van der Waals surface area contributed by atoms with E-state index in [0.717, 1.165) is 93.5 Å². The van der Waals surface area contributed by atoms with Gasteiger partial charge in [-0.2, -0.15) is 0 Å². The zero-order chi connectivity index (χ0) is 36.0. The number of furan rings is 1. The first kappa shape index (κ1) is 30.1. The summed E-state index contributed by atoms with van der Waals surface area (Å²) in [5.74, 6) is 0. The van der Waals surface area contributed by atoms with E-state index in [2.05, 4.69) is 164 Å². The maximum Gasteiger partial charge on any atom is 0.144 e. The third-order valence-corrected chi connectivity index (χ3v) is 11.4. The van der Waals surface area contributed by atoms with Gasteiger partial charge in [0.2, 0.25) is 0 Å². The molecule has 0 spiro atoms. The van der Waals surface area contributed by atoms with E-state index in [1.165, 1.54) is 26.9 Å². The van der Waals surface area contributed by atoms with Crippen molar-refractivity contribution in [2.24, 2.45) is 0 Å². The molecule has 0 saturated heterocycles. The van der Waals surface area contributed by atoms with Gasteiger partial charge in [-0.1, -0.05) is 158 Å². The molecular formula is C52H30N2O. The monoisotopic (exact) mass is 698 g/mol. The minimum atomic E-state index is 0.889. The molecule has 3 aromatic heterocycles. The lowest BCUT2D eigenvalue weighted by Crippen LogP contribution is -1.93. The Morgan fingerprint density at radius 2 is 0.927 bits per heavy atom. The second-order valence-electron chi connectivity index (χ2n) is 14.5. The fourth-order valence-corrected chi connectivity index (χ4v) is 8.84.